The summed E-state index contributed by atoms with van der Waals surface area (Å²) in [6, 6.07) is 0. The highest BCUT2D eigenvalue weighted by Crippen LogP contribution is 2.19. The predicted octanol–water partition coefficient (Wildman–Crippen LogP) is 5.11. The van der Waals surface area contributed by atoms with Crippen molar-refractivity contribution >= 4 is 11.9 Å². The Bertz CT molecular complexity index is 326. The Hall–Kier alpha value is -1.06. The highest BCUT2D eigenvalue weighted by atomic mass is 16.4. The number of carbonyl (C=O) groups is 2. The minimum Gasteiger partial charge on any atom is -0.481 e. The number of hydrogen-bond acceptors (Lipinski definition) is 2. The molecule has 24 heavy (non-hydrogen) atoms. The molecule has 0 fully saturated rings. The average Bonchev–Trinajstić information content (AvgIpc) is 2.58. The molecule has 0 aliphatic heterocycles. The zero-order valence-corrected chi connectivity index (χ0v) is 16.4. The van der Waals surface area contributed by atoms with Crippen molar-refractivity contribution in [3.05, 3.63) is 0 Å². The van der Waals surface area contributed by atoms with Gasteiger partial charge in [0.2, 0.25) is 5.91 Å². The second-order valence-corrected chi connectivity index (χ2v) is 7.03. The van der Waals surface area contributed by atoms with Crippen molar-refractivity contribution in [2.75, 3.05) is 13.1 Å². The first kappa shape index (κ1) is 22.9. The van der Waals surface area contributed by atoms with Gasteiger partial charge >= 0.3 is 5.97 Å². The van der Waals surface area contributed by atoms with E-state index in [1.165, 1.54) is 25.7 Å². The van der Waals surface area contributed by atoms with E-state index in [9.17, 15) is 9.59 Å². The Kier molecular flexibility index (Phi) is 13.7. The van der Waals surface area contributed by atoms with Crippen molar-refractivity contribution in [1.29, 1.82) is 0 Å². The maximum atomic E-state index is 12.6. The molecule has 0 rings (SSSR count). The fourth-order valence-electron chi connectivity index (χ4n) is 3.11. The van der Waals surface area contributed by atoms with Crippen molar-refractivity contribution in [3.63, 3.8) is 0 Å². The van der Waals surface area contributed by atoms with E-state index in [0.717, 1.165) is 38.8 Å². The Balaban J connectivity index is 4.83. The first-order valence-corrected chi connectivity index (χ1v) is 9.97. The van der Waals surface area contributed by atoms with Crippen LogP contribution in [0.5, 0.6) is 0 Å². The molecule has 0 spiro atoms. The van der Waals surface area contributed by atoms with Crippen LogP contribution in [0.15, 0.2) is 0 Å². The highest BCUT2D eigenvalue weighted by molar-refractivity contribution is 5.80. The van der Waals surface area contributed by atoms with E-state index in [-0.39, 0.29) is 18.7 Å². The molecule has 1 N–H and O–H groups in total. The first-order valence-electron chi connectivity index (χ1n) is 9.97. The van der Waals surface area contributed by atoms with Crippen LogP contribution >= 0.6 is 0 Å². The summed E-state index contributed by atoms with van der Waals surface area (Å²) in [5.41, 5.74) is 0. The molecule has 0 aromatic carbocycles. The molecule has 1 amide bonds. The van der Waals surface area contributed by atoms with Crippen LogP contribution in [0.1, 0.15) is 91.9 Å². The lowest BCUT2D eigenvalue weighted by Gasteiger charge is -2.31. The molecule has 4 heteroatoms. The van der Waals surface area contributed by atoms with Gasteiger partial charge in [-0.3, -0.25) is 9.59 Å². The normalized spacial score (nSPS) is 13.5. The first-order chi connectivity index (χ1) is 11.5. The van der Waals surface area contributed by atoms with E-state index < -0.39 is 5.97 Å². The quantitative estimate of drug-likeness (QED) is 0.450. The third kappa shape index (κ3) is 10.7. The number of hydrogen-bond donors (Lipinski definition) is 1. The third-order valence-corrected chi connectivity index (χ3v) is 4.95. The number of carboxylic acids is 1. The largest absolute Gasteiger partial charge is 0.481 e. The van der Waals surface area contributed by atoms with E-state index in [0.29, 0.717) is 11.8 Å². The lowest BCUT2D eigenvalue weighted by molar-refractivity contribution is -0.141. The second kappa shape index (κ2) is 14.3. The van der Waals surface area contributed by atoms with Gasteiger partial charge in [-0.2, -0.15) is 0 Å². The van der Waals surface area contributed by atoms with Crippen LogP contribution in [0.2, 0.25) is 0 Å². The van der Waals surface area contributed by atoms with Gasteiger partial charge in [-0.25, -0.2) is 0 Å². The average molecular weight is 342 g/mol. The summed E-state index contributed by atoms with van der Waals surface area (Å²) in [5, 5.41) is 8.86. The molecule has 0 bridgehead atoms. The molecule has 142 valence electrons. The lowest BCUT2D eigenvalue weighted by Crippen LogP contribution is -2.39. The summed E-state index contributed by atoms with van der Waals surface area (Å²) in [5.74, 6) is 0.187. The molecule has 2 atom stereocenters. The smallest absolute Gasteiger partial charge is 0.303 e. The molecule has 0 aromatic heterocycles. The summed E-state index contributed by atoms with van der Waals surface area (Å²) >= 11 is 0. The van der Waals surface area contributed by atoms with Crippen LogP contribution in [0.25, 0.3) is 0 Å². The summed E-state index contributed by atoms with van der Waals surface area (Å²) < 4.78 is 0. The van der Waals surface area contributed by atoms with Gasteiger partial charge in [-0.15, -0.1) is 0 Å². The molecular weight excluding hydrogens is 302 g/mol. The maximum Gasteiger partial charge on any atom is 0.303 e. The molecule has 0 radical (unpaired) electrons. The van der Waals surface area contributed by atoms with Crippen molar-refractivity contribution < 1.29 is 14.7 Å². The van der Waals surface area contributed by atoms with Crippen molar-refractivity contribution in [2.24, 2.45) is 11.8 Å². The minimum atomic E-state index is -0.889. The van der Waals surface area contributed by atoms with E-state index in [1.807, 2.05) is 4.90 Å². The van der Waals surface area contributed by atoms with Gasteiger partial charge in [-0.1, -0.05) is 66.2 Å². The van der Waals surface area contributed by atoms with E-state index in [1.54, 1.807) is 0 Å². The number of unbranched alkanes of at least 4 members (excludes halogenated alkanes) is 2. The van der Waals surface area contributed by atoms with Crippen LogP contribution < -0.4 is 0 Å². The van der Waals surface area contributed by atoms with Crippen LogP contribution in [0, 0.1) is 11.8 Å². The molecule has 0 heterocycles. The van der Waals surface area contributed by atoms with Gasteiger partial charge < -0.3 is 10.0 Å². The molecular formula is C20H39NO3. The van der Waals surface area contributed by atoms with Gasteiger partial charge in [0.1, 0.15) is 0 Å². The summed E-state index contributed by atoms with van der Waals surface area (Å²) in [7, 11) is 0. The van der Waals surface area contributed by atoms with Crippen molar-refractivity contribution in [2.45, 2.75) is 91.9 Å². The Morgan fingerprint density at radius 3 is 1.62 bits per heavy atom. The summed E-state index contributed by atoms with van der Waals surface area (Å²) in [6.07, 6.45) is 9.28. The number of amides is 1. The fourth-order valence-corrected chi connectivity index (χ4v) is 3.11. The molecule has 4 nitrogen and oxygen atoms in total. The molecule has 0 saturated heterocycles. The standard InChI is InChI=1S/C20H39NO3/c1-5-9-11-17(7-3)15-21(19(22)13-14-20(23)24)16-18(8-4)12-10-6-2/h17-18H,5-16H2,1-4H3,(H,23,24). The van der Waals surface area contributed by atoms with E-state index in [4.69, 9.17) is 5.11 Å². The Morgan fingerprint density at radius 1 is 0.833 bits per heavy atom. The number of rotatable bonds is 15. The van der Waals surface area contributed by atoms with Gasteiger partial charge in [0, 0.05) is 19.5 Å². The van der Waals surface area contributed by atoms with Crippen LogP contribution in [0.4, 0.5) is 0 Å². The number of nitrogens with zero attached hydrogens (tertiary/aromatic N) is 1. The second-order valence-electron chi connectivity index (χ2n) is 7.03. The zero-order chi connectivity index (χ0) is 18.4. The minimum absolute atomic E-state index is 0.0160. The van der Waals surface area contributed by atoms with Gasteiger partial charge in [0.05, 0.1) is 6.42 Å². The van der Waals surface area contributed by atoms with Gasteiger partial charge in [0.25, 0.3) is 0 Å². The topological polar surface area (TPSA) is 57.6 Å². The Morgan fingerprint density at radius 2 is 1.29 bits per heavy atom. The molecule has 0 saturated carbocycles. The van der Waals surface area contributed by atoms with Crippen molar-refractivity contribution in [1.82, 2.24) is 4.90 Å². The summed E-state index contributed by atoms with van der Waals surface area (Å²) in [4.78, 5) is 25.3. The van der Waals surface area contributed by atoms with Crippen LogP contribution in [-0.2, 0) is 9.59 Å². The monoisotopic (exact) mass is 341 g/mol. The zero-order valence-electron chi connectivity index (χ0n) is 16.4. The molecule has 0 aliphatic rings. The molecule has 2 unspecified atom stereocenters. The molecule has 0 aliphatic carbocycles. The van der Waals surface area contributed by atoms with E-state index in [2.05, 4.69) is 27.7 Å². The number of aliphatic carboxylic acids is 1. The number of carboxylic acid groups (broad SMARTS) is 1. The van der Waals surface area contributed by atoms with Crippen LogP contribution in [-0.4, -0.2) is 35.0 Å². The third-order valence-electron chi connectivity index (χ3n) is 4.95. The van der Waals surface area contributed by atoms with Crippen molar-refractivity contribution in [3.8, 4) is 0 Å². The maximum absolute atomic E-state index is 12.6. The van der Waals surface area contributed by atoms with E-state index >= 15 is 0 Å². The SMILES string of the molecule is CCCCC(CC)CN(CC(CC)CCCC)C(=O)CCC(=O)O. The molecule has 0 aromatic rings. The number of carbonyl (C=O) groups excluding carboxylic acids is 1. The highest BCUT2D eigenvalue weighted by Gasteiger charge is 2.21. The van der Waals surface area contributed by atoms with Gasteiger partial charge in [0.15, 0.2) is 0 Å². The Labute approximate surface area is 149 Å². The predicted molar refractivity (Wildman–Crippen MR) is 100 cm³/mol. The fraction of sp³-hybridized carbons (Fsp3) is 0.900. The summed E-state index contributed by atoms with van der Waals surface area (Å²) in [6.45, 7) is 10.3. The van der Waals surface area contributed by atoms with Gasteiger partial charge in [-0.05, 0) is 24.7 Å². The van der Waals surface area contributed by atoms with Crippen LogP contribution in [0.3, 0.4) is 0 Å². The lowest BCUT2D eigenvalue weighted by atomic mass is 9.95.